The van der Waals surface area contributed by atoms with Gasteiger partial charge in [0, 0.05) is 25.5 Å². The zero-order valence-corrected chi connectivity index (χ0v) is 10.8. The van der Waals surface area contributed by atoms with Gasteiger partial charge in [-0.05, 0) is 25.3 Å². The predicted octanol–water partition coefficient (Wildman–Crippen LogP) is 0.511. The van der Waals surface area contributed by atoms with E-state index in [1.54, 1.807) is 0 Å². The van der Waals surface area contributed by atoms with E-state index >= 15 is 0 Å². The molecular weight excluding hydrogens is 254 g/mol. The molecule has 1 aromatic rings. The maximum atomic E-state index is 12.0. The van der Waals surface area contributed by atoms with Crippen LogP contribution in [0.4, 0.5) is 5.69 Å². The maximum absolute atomic E-state index is 12.0. The van der Waals surface area contributed by atoms with Gasteiger partial charge < -0.3 is 10.5 Å². The molecule has 1 saturated heterocycles. The van der Waals surface area contributed by atoms with E-state index in [1.165, 1.54) is 18.5 Å². The molecule has 2 rings (SSSR count). The highest BCUT2D eigenvalue weighted by atomic mass is 32.2. The Bertz CT molecular complexity index is 498. The molecule has 3 N–H and O–H groups in total. The van der Waals surface area contributed by atoms with Gasteiger partial charge in [0.05, 0.1) is 11.8 Å². The molecule has 1 fully saturated rings. The number of nitrogens with one attached hydrogen (secondary N) is 1. The Hall–Kier alpha value is -1.18. The van der Waals surface area contributed by atoms with E-state index in [-0.39, 0.29) is 16.7 Å². The molecule has 1 unspecified atom stereocenters. The van der Waals surface area contributed by atoms with Crippen LogP contribution in [0.15, 0.2) is 23.4 Å². The second-order valence-corrected chi connectivity index (χ2v) is 5.97. The molecule has 1 atom stereocenters. The van der Waals surface area contributed by atoms with Gasteiger partial charge >= 0.3 is 0 Å². The van der Waals surface area contributed by atoms with Gasteiger partial charge in [-0.25, -0.2) is 13.1 Å². The third-order valence-electron chi connectivity index (χ3n) is 2.89. The molecule has 0 bridgehead atoms. The fourth-order valence-electron chi connectivity index (χ4n) is 1.92. The molecule has 1 aromatic heterocycles. The van der Waals surface area contributed by atoms with Crippen LogP contribution in [0.25, 0.3) is 0 Å². The first-order chi connectivity index (χ1) is 8.59. The largest absolute Gasteiger partial charge is 0.398 e. The second kappa shape index (κ2) is 5.64. The smallest absolute Gasteiger partial charge is 0.244 e. The summed E-state index contributed by atoms with van der Waals surface area (Å²) < 4.78 is 31.9. The van der Waals surface area contributed by atoms with Gasteiger partial charge in [-0.2, -0.15) is 0 Å². The molecule has 6 nitrogen and oxygen atoms in total. The Morgan fingerprint density at radius 3 is 3.06 bits per heavy atom. The van der Waals surface area contributed by atoms with Crippen LogP contribution in [0, 0.1) is 0 Å². The molecule has 0 aliphatic carbocycles. The number of hydrogen-bond acceptors (Lipinski definition) is 5. The monoisotopic (exact) mass is 271 g/mol. The van der Waals surface area contributed by atoms with Crippen LogP contribution in [-0.2, 0) is 14.8 Å². The Kier molecular flexibility index (Phi) is 4.15. The van der Waals surface area contributed by atoms with Gasteiger partial charge in [-0.3, -0.25) is 4.98 Å². The molecule has 7 heteroatoms. The minimum atomic E-state index is -3.58. The summed E-state index contributed by atoms with van der Waals surface area (Å²) >= 11 is 0. The lowest BCUT2D eigenvalue weighted by molar-refractivity contribution is 0.105. The van der Waals surface area contributed by atoms with Crippen molar-refractivity contribution in [2.45, 2.75) is 30.3 Å². The zero-order valence-electron chi connectivity index (χ0n) is 10.0. The number of nitrogen functional groups attached to an aromatic ring is 1. The normalized spacial score (nSPS) is 20.1. The number of anilines is 1. The standard InChI is InChI=1S/C11H17N3O3S/c12-10-4-5-13-8-11(10)18(15,16)14-6-3-9-2-1-7-17-9/h4-5,8-9,14H,1-3,6-7H2,(H2,12,13). The summed E-state index contributed by atoms with van der Waals surface area (Å²) in [6.07, 6.45) is 5.60. The highest BCUT2D eigenvalue weighted by molar-refractivity contribution is 7.89. The Morgan fingerprint density at radius 1 is 1.56 bits per heavy atom. The third-order valence-corrected chi connectivity index (χ3v) is 4.39. The number of nitrogens with two attached hydrogens (primary N) is 1. The van der Waals surface area contributed by atoms with E-state index < -0.39 is 10.0 Å². The number of aromatic nitrogens is 1. The van der Waals surface area contributed by atoms with Crippen LogP contribution in [0.5, 0.6) is 0 Å². The first-order valence-electron chi connectivity index (χ1n) is 5.90. The SMILES string of the molecule is Nc1ccncc1S(=O)(=O)NCCC1CCCO1. The average Bonchev–Trinajstić information content (AvgIpc) is 2.82. The number of sulfonamides is 1. The van der Waals surface area contributed by atoms with Crippen LogP contribution in [0.3, 0.4) is 0 Å². The molecule has 0 aromatic carbocycles. The second-order valence-electron chi connectivity index (χ2n) is 4.23. The van der Waals surface area contributed by atoms with Gasteiger partial charge in [0.15, 0.2) is 0 Å². The van der Waals surface area contributed by atoms with Gasteiger partial charge in [-0.1, -0.05) is 0 Å². The maximum Gasteiger partial charge on any atom is 0.244 e. The van der Waals surface area contributed by atoms with Crippen LogP contribution in [0.2, 0.25) is 0 Å². The van der Waals surface area contributed by atoms with Gasteiger partial charge in [0.1, 0.15) is 4.90 Å². The topological polar surface area (TPSA) is 94.3 Å². The Balaban J connectivity index is 1.93. The Morgan fingerprint density at radius 2 is 2.39 bits per heavy atom. The number of rotatable bonds is 5. The van der Waals surface area contributed by atoms with Gasteiger partial charge in [-0.15, -0.1) is 0 Å². The summed E-state index contributed by atoms with van der Waals surface area (Å²) in [7, 11) is -3.58. The summed E-state index contributed by atoms with van der Waals surface area (Å²) in [5, 5.41) is 0. The number of hydrogen-bond donors (Lipinski definition) is 2. The summed E-state index contributed by atoms with van der Waals surface area (Å²) in [6, 6.07) is 1.47. The van der Waals surface area contributed by atoms with Crippen molar-refractivity contribution in [2.24, 2.45) is 0 Å². The molecule has 0 saturated carbocycles. The fourth-order valence-corrected chi connectivity index (χ4v) is 3.04. The molecular formula is C11H17N3O3S. The number of pyridine rings is 1. The highest BCUT2D eigenvalue weighted by Crippen LogP contribution is 2.17. The lowest BCUT2D eigenvalue weighted by atomic mass is 10.2. The van der Waals surface area contributed by atoms with Gasteiger partial charge in [0.25, 0.3) is 0 Å². The van der Waals surface area contributed by atoms with E-state index in [0.717, 1.165) is 19.4 Å². The fraction of sp³-hybridized carbons (Fsp3) is 0.545. The van der Waals surface area contributed by atoms with Crippen molar-refractivity contribution in [3.8, 4) is 0 Å². The summed E-state index contributed by atoms with van der Waals surface area (Å²) in [5.74, 6) is 0. The van der Waals surface area contributed by atoms with E-state index in [9.17, 15) is 8.42 Å². The zero-order chi connectivity index (χ0) is 13.0. The first kappa shape index (κ1) is 13.3. The number of ether oxygens (including phenoxy) is 1. The lowest BCUT2D eigenvalue weighted by Crippen LogP contribution is -2.28. The molecule has 1 aliphatic rings. The van der Waals surface area contributed by atoms with Crippen molar-refractivity contribution in [1.82, 2.24) is 9.71 Å². The number of nitrogens with zero attached hydrogens (tertiary/aromatic N) is 1. The summed E-state index contributed by atoms with van der Waals surface area (Å²) in [4.78, 5) is 3.80. The van der Waals surface area contributed by atoms with E-state index in [1.807, 2.05) is 0 Å². The minimum Gasteiger partial charge on any atom is -0.398 e. The van der Waals surface area contributed by atoms with Crippen LogP contribution >= 0.6 is 0 Å². The van der Waals surface area contributed by atoms with Crippen molar-refractivity contribution in [1.29, 1.82) is 0 Å². The van der Waals surface area contributed by atoms with E-state index in [0.29, 0.717) is 13.0 Å². The molecule has 100 valence electrons. The highest BCUT2D eigenvalue weighted by Gasteiger charge is 2.19. The van der Waals surface area contributed by atoms with E-state index in [2.05, 4.69) is 9.71 Å². The Labute approximate surface area is 107 Å². The molecule has 0 radical (unpaired) electrons. The predicted molar refractivity (Wildman–Crippen MR) is 67.4 cm³/mol. The van der Waals surface area contributed by atoms with Crippen molar-refractivity contribution < 1.29 is 13.2 Å². The minimum absolute atomic E-state index is 0.0253. The van der Waals surface area contributed by atoms with Crippen LogP contribution in [0.1, 0.15) is 19.3 Å². The molecule has 0 spiro atoms. The summed E-state index contributed by atoms with van der Waals surface area (Å²) in [5.41, 5.74) is 5.82. The molecule has 0 amide bonds. The van der Waals surface area contributed by atoms with Crippen molar-refractivity contribution in [2.75, 3.05) is 18.9 Å². The van der Waals surface area contributed by atoms with Crippen LogP contribution < -0.4 is 10.5 Å². The average molecular weight is 271 g/mol. The van der Waals surface area contributed by atoms with Crippen molar-refractivity contribution >= 4 is 15.7 Å². The summed E-state index contributed by atoms with van der Waals surface area (Å²) in [6.45, 7) is 1.12. The third kappa shape index (κ3) is 3.18. The molecule has 1 aliphatic heterocycles. The van der Waals surface area contributed by atoms with Crippen molar-refractivity contribution in [3.63, 3.8) is 0 Å². The quantitative estimate of drug-likeness (QED) is 0.813. The van der Waals surface area contributed by atoms with Crippen molar-refractivity contribution in [3.05, 3.63) is 18.5 Å². The van der Waals surface area contributed by atoms with Gasteiger partial charge in [0.2, 0.25) is 10.0 Å². The lowest BCUT2D eigenvalue weighted by Gasteiger charge is -2.11. The van der Waals surface area contributed by atoms with Crippen LogP contribution in [-0.4, -0.2) is 32.7 Å². The molecule has 2 heterocycles. The van der Waals surface area contributed by atoms with E-state index in [4.69, 9.17) is 10.5 Å². The first-order valence-corrected chi connectivity index (χ1v) is 7.38. The molecule has 18 heavy (non-hydrogen) atoms.